The maximum Gasteiger partial charge on any atom is 0.337 e. The molecule has 28 heavy (non-hydrogen) atoms. The summed E-state index contributed by atoms with van der Waals surface area (Å²) >= 11 is 5.31. The van der Waals surface area contributed by atoms with E-state index in [4.69, 9.17) is 4.74 Å². The molecule has 1 unspecified atom stereocenters. The van der Waals surface area contributed by atoms with Crippen molar-refractivity contribution >= 4 is 97.2 Å². The molecule has 0 aliphatic heterocycles. The fourth-order valence-electron chi connectivity index (χ4n) is 2.07. The summed E-state index contributed by atoms with van der Waals surface area (Å²) in [5, 5.41) is 26.1. The molecule has 0 radical (unpaired) electrons. The Kier molecular flexibility index (Phi) is 10.3. The Labute approximate surface area is 200 Å². The van der Waals surface area contributed by atoms with Gasteiger partial charge in [0, 0.05) is 17.7 Å². The van der Waals surface area contributed by atoms with Crippen LogP contribution in [0.4, 0.5) is 5.69 Å². The summed E-state index contributed by atoms with van der Waals surface area (Å²) in [6, 6.07) is -1.22. The average Bonchev–Trinajstić information content (AvgIpc) is 2.62. The van der Waals surface area contributed by atoms with Crippen LogP contribution in [0.1, 0.15) is 20.7 Å². The lowest BCUT2D eigenvalue weighted by atomic mass is 10.1. The molecular weight excluding hydrogens is 715 g/mol. The van der Waals surface area contributed by atoms with Crippen LogP contribution >= 0.6 is 67.8 Å². The Morgan fingerprint density at radius 2 is 1.64 bits per heavy atom. The van der Waals surface area contributed by atoms with Gasteiger partial charge in [-0.3, -0.25) is 14.4 Å². The Bertz CT molecular complexity index is 817. The highest BCUT2D eigenvalue weighted by Gasteiger charge is 2.30. The van der Waals surface area contributed by atoms with Crippen LogP contribution in [0, 0.1) is 10.7 Å². The fraction of sp³-hybridized carbons (Fsp3) is 0.333. The van der Waals surface area contributed by atoms with Crippen molar-refractivity contribution in [1.29, 1.82) is 0 Å². The molecule has 0 heterocycles. The number of carboxylic acid groups (broad SMARTS) is 1. The molecule has 1 aromatic rings. The van der Waals surface area contributed by atoms with Gasteiger partial charge in [0.1, 0.15) is 12.6 Å². The number of hydrogen-bond donors (Lipinski definition) is 5. The number of methoxy groups -OCH3 is 1. The van der Waals surface area contributed by atoms with Gasteiger partial charge in [0.15, 0.2) is 0 Å². The van der Waals surface area contributed by atoms with Crippen LogP contribution in [0.2, 0.25) is 0 Å². The molecule has 0 aromatic heterocycles. The van der Waals surface area contributed by atoms with Gasteiger partial charge >= 0.3 is 5.97 Å². The quantitative estimate of drug-likeness (QED) is 0.246. The van der Waals surface area contributed by atoms with E-state index in [1.54, 1.807) is 45.2 Å². The number of aliphatic hydroxyl groups excluding tert-OH is 1. The van der Waals surface area contributed by atoms with Crippen molar-refractivity contribution < 1.29 is 34.1 Å². The van der Waals surface area contributed by atoms with Crippen molar-refractivity contribution in [3.8, 4) is 0 Å². The van der Waals surface area contributed by atoms with Crippen molar-refractivity contribution in [2.45, 2.75) is 6.04 Å². The molecule has 13 heteroatoms. The third-order valence-corrected chi connectivity index (χ3v) is 6.58. The van der Waals surface area contributed by atoms with E-state index in [0.717, 1.165) is 0 Å². The number of hydrogen-bond acceptors (Lipinski definition) is 6. The summed E-state index contributed by atoms with van der Waals surface area (Å²) in [7, 11) is 2.68. The highest BCUT2D eigenvalue weighted by atomic mass is 127. The lowest BCUT2D eigenvalue weighted by Crippen LogP contribution is -2.48. The number of halogens is 3. The second kappa shape index (κ2) is 11.4. The predicted molar refractivity (Wildman–Crippen MR) is 124 cm³/mol. The lowest BCUT2D eigenvalue weighted by Gasteiger charge is -2.20. The number of anilines is 1. The first-order valence-electron chi connectivity index (χ1n) is 7.46. The number of rotatable bonds is 8. The molecule has 0 spiro atoms. The lowest BCUT2D eigenvalue weighted by molar-refractivity contribution is -0.123. The van der Waals surface area contributed by atoms with Gasteiger partial charge in [0.25, 0.3) is 5.91 Å². The van der Waals surface area contributed by atoms with Crippen molar-refractivity contribution in [2.75, 3.05) is 32.7 Å². The molecule has 1 rings (SSSR count). The second-order valence-electron chi connectivity index (χ2n) is 5.18. The molecule has 1 aromatic carbocycles. The van der Waals surface area contributed by atoms with Gasteiger partial charge in [-0.05, 0) is 67.8 Å². The van der Waals surface area contributed by atoms with Gasteiger partial charge in [-0.1, -0.05) is 0 Å². The van der Waals surface area contributed by atoms with Crippen LogP contribution in [0.15, 0.2) is 0 Å². The Hall–Kier alpha value is -0.790. The minimum Gasteiger partial charge on any atom is -0.478 e. The topological polar surface area (TPSA) is 154 Å². The highest BCUT2D eigenvalue weighted by molar-refractivity contribution is 14.1. The van der Waals surface area contributed by atoms with Crippen LogP contribution in [-0.2, 0) is 14.3 Å². The van der Waals surface area contributed by atoms with Crippen molar-refractivity contribution in [3.05, 3.63) is 21.8 Å². The van der Waals surface area contributed by atoms with Crippen LogP contribution in [0.5, 0.6) is 0 Å². The summed E-state index contributed by atoms with van der Waals surface area (Å²) in [5.74, 6) is -3.19. The predicted octanol–water partition coefficient (Wildman–Crippen LogP) is 0.620. The number of ether oxygens (including phenoxy) is 1. The monoisotopic (exact) mass is 731 g/mol. The molecule has 0 saturated heterocycles. The van der Waals surface area contributed by atoms with E-state index < -0.39 is 36.3 Å². The zero-order chi connectivity index (χ0) is 21.6. The number of benzene rings is 1. The maximum atomic E-state index is 12.8. The number of carbonyl (C=O) groups excluding carboxylic acids is 3. The Morgan fingerprint density at radius 1 is 1.07 bits per heavy atom. The summed E-state index contributed by atoms with van der Waals surface area (Å²) in [5.41, 5.74) is -0.0548. The number of nitrogens with one attached hydrogen (secondary N) is 3. The van der Waals surface area contributed by atoms with Gasteiger partial charge in [-0.25, -0.2) is 4.79 Å². The van der Waals surface area contributed by atoms with Crippen LogP contribution in [0.3, 0.4) is 0 Å². The molecule has 0 bridgehead atoms. The number of likely N-dealkylation sites (N-methyl/N-ethyl adjacent to an activating group) is 1. The summed E-state index contributed by atoms with van der Waals surface area (Å²) in [6.45, 7) is -0.905. The summed E-state index contributed by atoms with van der Waals surface area (Å²) in [4.78, 5) is 48.2. The SMILES string of the molecule is CNC(=O)C(CO)NC(=O)c1c(I)c(NC(=O)COC)c(I)c(C(=O)O)c1I. The van der Waals surface area contributed by atoms with Gasteiger partial charge in [-0.2, -0.15) is 0 Å². The minimum absolute atomic E-state index is 0.0333. The summed E-state index contributed by atoms with van der Waals surface area (Å²) in [6.07, 6.45) is 0. The van der Waals surface area contributed by atoms with Gasteiger partial charge in [0.2, 0.25) is 11.8 Å². The smallest absolute Gasteiger partial charge is 0.337 e. The number of carboxylic acids is 1. The summed E-state index contributed by atoms with van der Waals surface area (Å²) < 4.78 is 5.41. The molecule has 3 amide bonds. The van der Waals surface area contributed by atoms with E-state index in [9.17, 15) is 29.4 Å². The number of aromatic carboxylic acids is 1. The maximum absolute atomic E-state index is 12.8. The fourth-order valence-corrected chi connectivity index (χ4v) is 6.45. The van der Waals surface area contributed by atoms with Crippen LogP contribution in [0.25, 0.3) is 0 Å². The second-order valence-corrected chi connectivity index (χ2v) is 8.41. The molecule has 5 N–H and O–H groups in total. The average molecular weight is 731 g/mol. The van der Waals surface area contributed by atoms with E-state index in [1.165, 1.54) is 14.2 Å². The van der Waals surface area contributed by atoms with E-state index in [1.807, 2.05) is 22.6 Å². The van der Waals surface area contributed by atoms with Crippen molar-refractivity contribution in [1.82, 2.24) is 10.6 Å². The minimum atomic E-state index is -1.29. The first-order valence-corrected chi connectivity index (χ1v) is 10.7. The number of aliphatic hydroxyl groups is 1. The van der Waals surface area contributed by atoms with Crippen molar-refractivity contribution in [2.24, 2.45) is 0 Å². The molecule has 0 saturated carbocycles. The number of amides is 3. The molecule has 154 valence electrons. The van der Waals surface area contributed by atoms with Gasteiger partial charge in [0.05, 0.1) is 30.6 Å². The first kappa shape index (κ1) is 25.2. The van der Waals surface area contributed by atoms with E-state index in [0.29, 0.717) is 0 Å². The van der Waals surface area contributed by atoms with Crippen LogP contribution < -0.4 is 16.0 Å². The zero-order valence-electron chi connectivity index (χ0n) is 14.6. The molecule has 0 fully saturated rings. The molecule has 10 nitrogen and oxygen atoms in total. The van der Waals surface area contributed by atoms with Crippen LogP contribution in [-0.4, -0.2) is 67.3 Å². The largest absolute Gasteiger partial charge is 0.478 e. The number of carbonyl (C=O) groups is 4. The standard InChI is InChI=1S/C15H16I3N3O7/c1-19-13(24)5(3-22)20-14(25)7-9(16)8(15(26)27)11(18)12(10(7)17)21-6(23)4-28-2/h5,22H,3-4H2,1-2H3,(H,19,24)(H,20,25)(H,21,23)(H,26,27). The third kappa shape index (κ3) is 5.86. The van der Waals surface area contributed by atoms with E-state index in [-0.39, 0.29) is 34.1 Å². The van der Waals surface area contributed by atoms with E-state index >= 15 is 0 Å². The molecule has 1 atom stereocenters. The van der Waals surface area contributed by atoms with Gasteiger partial charge in [-0.15, -0.1) is 0 Å². The van der Waals surface area contributed by atoms with Gasteiger partial charge < -0.3 is 30.9 Å². The highest BCUT2D eigenvalue weighted by Crippen LogP contribution is 2.35. The molecule has 0 aliphatic rings. The zero-order valence-corrected chi connectivity index (χ0v) is 21.0. The third-order valence-electron chi connectivity index (χ3n) is 3.35. The molecular formula is C15H16I3N3O7. The van der Waals surface area contributed by atoms with Crippen molar-refractivity contribution in [3.63, 3.8) is 0 Å². The Morgan fingerprint density at radius 3 is 2.11 bits per heavy atom. The van der Waals surface area contributed by atoms with E-state index in [2.05, 4.69) is 16.0 Å². The first-order chi connectivity index (χ1) is 13.1. The molecule has 0 aliphatic carbocycles. The normalized spacial score (nSPS) is 11.5. The Balaban J connectivity index is 3.54.